The molecule has 1 fully saturated rings. The number of hydrogen-bond acceptors (Lipinski definition) is 5. The van der Waals surface area contributed by atoms with E-state index in [0.29, 0.717) is 18.3 Å². The molecule has 1 atom stereocenters. The van der Waals surface area contributed by atoms with Crippen LogP contribution in [0.1, 0.15) is 41.2 Å². The van der Waals surface area contributed by atoms with E-state index < -0.39 is 0 Å². The minimum atomic E-state index is -0.000544. The van der Waals surface area contributed by atoms with Gasteiger partial charge in [0.05, 0.1) is 0 Å². The van der Waals surface area contributed by atoms with Crippen LogP contribution in [0.4, 0.5) is 0 Å². The summed E-state index contributed by atoms with van der Waals surface area (Å²) in [6.07, 6.45) is 4.88. The highest BCUT2D eigenvalue weighted by Gasteiger charge is 2.21. The molecule has 1 amide bonds. The van der Waals surface area contributed by atoms with Gasteiger partial charge < -0.3 is 15.5 Å². The van der Waals surface area contributed by atoms with Crippen molar-refractivity contribution in [1.82, 2.24) is 14.8 Å². The van der Waals surface area contributed by atoms with Gasteiger partial charge in [0.1, 0.15) is 10.7 Å². The number of thiazole rings is 1. The van der Waals surface area contributed by atoms with Crippen molar-refractivity contribution in [3.8, 4) is 0 Å². The lowest BCUT2D eigenvalue weighted by atomic mass is 10.00. The Bertz CT molecular complexity index is 458. The number of aromatic nitrogens is 1. The van der Waals surface area contributed by atoms with Gasteiger partial charge in [0.15, 0.2) is 0 Å². The molecular formula is C14H26Cl2N4OS. The normalized spacial score (nSPS) is 18.2. The average Bonchev–Trinajstić information content (AvgIpc) is 2.94. The fourth-order valence-electron chi connectivity index (χ4n) is 2.65. The molecule has 2 rings (SSSR count). The van der Waals surface area contributed by atoms with Crippen molar-refractivity contribution in [1.29, 1.82) is 0 Å². The summed E-state index contributed by atoms with van der Waals surface area (Å²) in [5, 5.41) is 2.61. The summed E-state index contributed by atoms with van der Waals surface area (Å²) in [5.74, 6) is -0.000544. The van der Waals surface area contributed by atoms with E-state index in [9.17, 15) is 4.79 Å². The van der Waals surface area contributed by atoms with Crippen LogP contribution >= 0.6 is 36.2 Å². The molecule has 0 radical (unpaired) electrons. The van der Waals surface area contributed by atoms with E-state index in [2.05, 4.69) is 16.9 Å². The summed E-state index contributed by atoms with van der Waals surface area (Å²) in [7, 11) is 4.03. The number of hydrogen-bond donors (Lipinski definition) is 1. The minimum Gasteiger partial charge on any atom is -0.340 e. The summed E-state index contributed by atoms with van der Waals surface area (Å²) < 4.78 is 0. The van der Waals surface area contributed by atoms with Crippen LogP contribution in [0.25, 0.3) is 0 Å². The molecule has 128 valence electrons. The second-order valence-electron chi connectivity index (χ2n) is 5.48. The van der Waals surface area contributed by atoms with Gasteiger partial charge in [-0.1, -0.05) is 6.42 Å². The highest BCUT2D eigenvalue weighted by molar-refractivity contribution is 7.09. The summed E-state index contributed by atoms with van der Waals surface area (Å²) in [6.45, 7) is 2.35. The Kier molecular flexibility index (Phi) is 10.2. The SMILES string of the molecule is CN(CCC1CCCCN1C)C(=O)c1csc(CN)n1.Cl.Cl. The number of carbonyl (C=O) groups is 1. The van der Waals surface area contributed by atoms with Crippen LogP contribution < -0.4 is 5.73 Å². The second kappa shape index (κ2) is 10.4. The molecular weight excluding hydrogens is 343 g/mol. The molecule has 0 spiro atoms. The number of rotatable bonds is 5. The van der Waals surface area contributed by atoms with Gasteiger partial charge in [-0.25, -0.2) is 4.98 Å². The number of likely N-dealkylation sites (tertiary alicyclic amines) is 1. The van der Waals surface area contributed by atoms with Gasteiger partial charge in [0, 0.05) is 31.6 Å². The number of amides is 1. The predicted molar refractivity (Wildman–Crippen MR) is 96.3 cm³/mol. The zero-order chi connectivity index (χ0) is 14.5. The maximum Gasteiger partial charge on any atom is 0.273 e. The molecule has 8 heteroatoms. The lowest BCUT2D eigenvalue weighted by molar-refractivity contribution is 0.0765. The first-order valence-corrected chi connectivity index (χ1v) is 8.10. The maximum absolute atomic E-state index is 12.2. The molecule has 1 aliphatic heterocycles. The fourth-order valence-corrected chi connectivity index (χ4v) is 3.30. The Morgan fingerprint density at radius 1 is 1.50 bits per heavy atom. The van der Waals surface area contributed by atoms with Crippen molar-refractivity contribution >= 4 is 42.1 Å². The van der Waals surface area contributed by atoms with Crippen molar-refractivity contribution in [2.24, 2.45) is 5.73 Å². The third-order valence-electron chi connectivity index (χ3n) is 4.01. The third kappa shape index (κ3) is 5.66. The van der Waals surface area contributed by atoms with Crippen LogP contribution in [-0.2, 0) is 6.54 Å². The van der Waals surface area contributed by atoms with Crippen LogP contribution in [0.5, 0.6) is 0 Å². The van der Waals surface area contributed by atoms with Crippen molar-refractivity contribution in [3.05, 3.63) is 16.1 Å². The van der Waals surface area contributed by atoms with Gasteiger partial charge >= 0.3 is 0 Å². The third-order valence-corrected chi connectivity index (χ3v) is 4.88. The topological polar surface area (TPSA) is 62.5 Å². The lowest BCUT2D eigenvalue weighted by Crippen LogP contribution is -2.39. The quantitative estimate of drug-likeness (QED) is 0.866. The van der Waals surface area contributed by atoms with E-state index in [4.69, 9.17) is 5.73 Å². The maximum atomic E-state index is 12.2. The van der Waals surface area contributed by atoms with Gasteiger partial charge in [0.25, 0.3) is 5.91 Å². The molecule has 1 unspecified atom stereocenters. The zero-order valence-corrected chi connectivity index (χ0v) is 15.6. The fraction of sp³-hybridized carbons (Fsp3) is 0.714. The number of piperidine rings is 1. The van der Waals surface area contributed by atoms with Gasteiger partial charge in [-0.05, 0) is 32.9 Å². The van der Waals surface area contributed by atoms with E-state index in [1.807, 2.05) is 7.05 Å². The Hall–Kier alpha value is -0.400. The standard InChI is InChI=1S/C14H24N4OS.2ClH/c1-17-7-4-3-5-11(17)6-8-18(2)14(19)12-10-20-13(9-15)16-12;;/h10-11H,3-9,15H2,1-2H3;2*1H. The van der Waals surface area contributed by atoms with E-state index in [1.54, 1.807) is 10.3 Å². The minimum absolute atomic E-state index is 0. The van der Waals surface area contributed by atoms with Crippen molar-refractivity contribution in [3.63, 3.8) is 0 Å². The van der Waals surface area contributed by atoms with Crippen LogP contribution in [-0.4, -0.2) is 53.9 Å². The molecule has 5 nitrogen and oxygen atoms in total. The molecule has 0 aliphatic carbocycles. The van der Waals surface area contributed by atoms with Crippen molar-refractivity contribution in [2.75, 3.05) is 27.2 Å². The number of halogens is 2. The van der Waals surface area contributed by atoms with Gasteiger partial charge in [-0.3, -0.25) is 4.79 Å². The molecule has 0 aromatic carbocycles. The predicted octanol–water partition coefficient (Wildman–Crippen LogP) is 2.39. The van der Waals surface area contributed by atoms with Crippen LogP contribution in [0.2, 0.25) is 0 Å². The second-order valence-corrected chi connectivity index (χ2v) is 6.42. The Balaban J connectivity index is 0.00000220. The first-order valence-electron chi connectivity index (χ1n) is 7.22. The first-order chi connectivity index (χ1) is 9.61. The Morgan fingerprint density at radius 2 is 2.23 bits per heavy atom. The summed E-state index contributed by atoms with van der Waals surface area (Å²) >= 11 is 1.45. The smallest absolute Gasteiger partial charge is 0.273 e. The zero-order valence-electron chi connectivity index (χ0n) is 13.2. The summed E-state index contributed by atoms with van der Waals surface area (Å²) in [6, 6.07) is 0.606. The molecule has 1 aromatic heterocycles. The monoisotopic (exact) mass is 368 g/mol. The molecule has 1 aliphatic rings. The Morgan fingerprint density at radius 3 is 2.82 bits per heavy atom. The van der Waals surface area contributed by atoms with Crippen LogP contribution in [0.3, 0.4) is 0 Å². The molecule has 22 heavy (non-hydrogen) atoms. The molecule has 1 aromatic rings. The molecule has 0 saturated carbocycles. The first kappa shape index (κ1) is 21.6. The van der Waals surface area contributed by atoms with Gasteiger partial charge in [-0.2, -0.15) is 0 Å². The highest BCUT2D eigenvalue weighted by Crippen LogP contribution is 2.18. The molecule has 2 N–H and O–H groups in total. The van der Waals surface area contributed by atoms with Gasteiger partial charge in [0.2, 0.25) is 0 Å². The van der Waals surface area contributed by atoms with Crippen LogP contribution in [0, 0.1) is 0 Å². The molecule has 0 bridgehead atoms. The molecule has 1 saturated heterocycles. The van der Waals surface area contributed by atoms with E-state index in [1.165, 1.54) is 37.1 Å². The van der Waals surface area contributed by atoms with E-state index in [0.717, 1.165) is 18.0 Å². The average molecular weight is 369 g/mol. The largest absolute Gasteiger partial charge is 0.340 e. The number of nitrogens with zero attached hydrogens (tertiary/aromatic N) is 3. The molecule has 2 heterocycles. The van der Waals surface area contributed by atoms with Gasteiger partial charge in [-0.15, -0.1) is 36.2 Å². The van der Waals surface area contributed by atoms with E-state index >= 15 is 0 Å². The summed E-state index contributed by atoms with van der Waals surface area (Å²) in [5.41, 5.74) is 6.05. The van der Waals surface area contributed by atoms with Crippen LogP contribution in [0.15, 0.2) is 5.38 Å². The number of carbonyl (C=O) groups excluding carboxylic acids is 1. The Labute approximate surface area is 149 Å². The van der Waals surface area contributed by atoms with E-state index in [-0.39, 0.29) is 30.7 Å². The number of nitrogens with two attached hydrogens (primary N) is 1. The van der Waals surface area contributed by atoms with Crippen molar-refractivity contribution in [2.45, 2.75) is 38.3 Å². The lowest BCUT2D eigenvalue weighted by Gasteiger charge is -2.33. The highest BCUT2D eigenvalue weighted by atomic mass is 35.5. The summed E-state index contributed by atoms with van der Waals surface area (Å²) in [4.78, 5) is 20.7. The van der Waals surface area contributed by atoms with Crippen molar-refractivity contribution < 1.29 is 4.79 Å².